The number of ketones is 1. The Kier molecular flexibility index (Phi) is 6.00. The van der Waals surface area contributed by atoms with Crippen molar-refractivity contribution in [2.24, 2.45) is 11.8 Å². The Morgan fingerprint density at radius 3 is 2.63 bits per heavy atom. The van der Waals surface area contributed by atoms with Gasteiger partial charge in [0.1, 0.15) is 6.10 Å². The molecular weight excluding hydrogens is 240 g/mol. The number of allylic oxidation sites excluding steroid dienone is 2. The van der Waals surface area contributed by atoms with E-state index in [1.54, 1.807) is 6.08 Å². The molecule has 3 nitrogen and oxygen atoms in total. The van der Waals surface area contributed by atoms with Crippen LogP contribution in [0, 0.1) is 11.8 Å². The van der Waals surface area contributed by atoms with Gasteiger partial charge in [0, 0.05) is 13.3 Å². The maximum atomic E-state index is 11.8. The average molecular weight is 264 g/mol. The lowest BCUT2D eigenvalue weighted by atomic mass is 9.86. The summed E-state index contributed by atoms with van der Waals surface area (Å²) in [6.07, 6.45) is 6.10. The Bertz CT molecular complexity index is 379. The molecule has 0 fully saturated rings. The van der Waals surface area contributed by atoms with Gasteiger partial charge in [-0.2, -0.15) is 0 Å². The molecule has 0 heterocycles. The minimum Gasteiger partial charge on any atom is -0.458 e. The molecule has 1 rings (SSSR count). The van der Waals surface area contributed by atoms with Crippen LogP contribution in [0.5, 0.6) is 0 Å². The van der Waals surface area contributed by atoms with Crippen molar-refractivity contribution in [3.05, 3.63) is 24.3 Å². The van der Waals surface area contributed by atoms with Crippen LogP contribution >= 0.6 is 0 Å². The molecule has 0 aliphatic heterocycles. The molecule has 1 aliphatic carbocycles. The number of esters is 1. The van der Waals surface area contributed by atoms with E-state index in [4.69, 9.17) is 4.74 Å². The zero-order valence-electron chi connectivity index (χ0n) is 12.1. The molecule has 19 heavy (non-hydrogen) atoms. The highest BCUT2D eigenvalue weighted by molar-refractivity contribution is 5.89. The molecule has 3 heteroatoms. The maximum absolute atomic E-state index is 11.8. The minimum absolute atomic E-state index is 0.0949. The first-order valence-corrected chi connectivity index (χ1v) is 6.96. The number of hydrogen-bond donors (Lipinski definition) is 0. The van der Waals surface area contributed by atoms with E-state index >= 15 is 0 Å². The van der Waals surface area contributed by atoms with Crippen molar-refractivity contribution in [2.75, 3.05) is 0 Å². The van der Waals surface area contributed by atoms with Crippen molar-refractivity contribution in [1.29, 1.82) is 0 Å². The smallest absolute Gasteiger partial charge is 0.303 e. The van der Waals surface area contributed by atoms with Crippen LogP contribution in [0.2, 0.25) is 0 Å². The number of carbonyl (C=O) groups excluding carboxylic acids is 2. The largest absolute Gasteiger partial charge is 0.458 e. The van der Waals surface area contributed by atoms with Crippen molar-refractivity contribution in [3.63, 3.8) is 0 Å². The molecule has 1 aliphatic rings. The summed E-state index contributed by atoms with van der Waals surface area (Å²) in [6.45, 7) is 9.72. The predicted molar refractivity (Wildman–Crippen MR) is 75.6 cm³/mol. The monoisotopic (exact) mass is 264 g/mol. The summed E-state index contributed by atoms with van der Waals surface area (Å²) < 4.78 is 5.26. The summed E-state index contributed by atoms with van der Waals surface area (Å²) in [5.74, 6) is 0.643. The highest BCUT2D eigenvalue weighted by Crippen LogP contribution is 2.25. The molecule has 0 spiro atoms. The van der Waals surface area contributed by atoms with Crippen molar-refractivity contribution in [3.8, 4) is 0 Å². The molecular formula is C16H24O3. The van der Waals surface area contributed by atoms with Crippen LogP contribution in [0.25, 0.3) is 0 Å². The number of carbonyl (C=O) groups is 2. The molecule has 0 aromatic rings. The molecule has 0 saturated carbocycles. The predicted octanol–water partition coefficient (Wildman–Crippen LogP) is 3.45. The molecule has 0 saturated heterocycles. The van der Waals surface area contributed by atoms with Crippen LogP contribution in [0.1, 0.15) is 46.5 Å². The molecule has 0 radical (unpaired) electrons. The van der Waals surface area contributed by atoms with Gasteiger partial charge in [-0.15, -0.1) is 0 Å². The third-order valence-corrected chi connectivity index (χ3v) is 3.60. The van der Waals surface area contributed by atoms with Crippen LogP contribution in [-0.4, -0.2) is 17.9 Å². The fourth-order valence-corrected chi connectivity index (χ4v) is 2.30. The molecule has 0 N–H and O–H groups in total. The standard InChI is InChI=1S/C16H24O3/c1-11(2)14-6-5-12(3)16(19-13(4)17)10-9-15(18)8-7-14/h7-8,11,14,16H,3,5-6,9-10H2,1-2,4H3. The van der Waals surface area contributed by atoms with Crippen LogP contribution in [0.3, 0.4) is 0 Å². The van der Waals surface area contributed by atoms with E-state index in [-0.39, 0.29) is 17.9 Å². The quantitative estimate of drug-likeness (QED) is 0.567. The van der Waals surface area contributed by atoms with E-state index in [9.17, 15) is 9.59 Å². The van der Waals surface area contributed by atoms with Gasteiger partial charge in [0.25, 0.3) is 0 Å². The Morgan fingerprint density at radius 2 is 2.05 bits per heavy atom. The van der Waals surface area contributed by atoms with Crippen LogP contribution in [0.15, 0.2) is 24.3 Å². The highest BCUT2D eigenvalue weighted by Gasteiger charge is 2.20. The Hall–Kier alpha value is -1.38. The molecule has 2 unspecified atom stereocenters. The van der Waals surface area contributed by atoms with Gasteiger partial charge < -0.3 is 4.74 Å². The lowest BCUT2D eigenvalue weighted by Gasteiger charge is -2.23. The van der Waals surface area contributed by atoms with E-state index in [0.717, 1.165) is 18.4 Å². The molecule has 2 atom stereocenters. The normalized spacial score (nSPS) is 25.5. The number of hydrogen-bond acceptors (Lipinski definition) is 3. The second kappa shape index (κ2) is 7.27. The molecule has 0 amide bonds. The van der Waals surface area contributed by atoms with Gasteiger partial charge in [0.05, 0.1) is 0 Å². The third-order valence-electron chi connectivity index (χ3n) is 3.60. The van der Waals surface area contributed by atoms with Crippen molar-refractivity contribution >= 4 is 11.8 Å². The molecule has 106 valence electrons. The zero-order valence-corrected chi connectivity index (χ0v) is 12.1. The van der Waals surface area contributed by atoms with E-state index in [1.807, 2.05) is 6.08 Å². The fourth-order valence-electron chi connectivity index (χ4n) is 2.30. The lowest BCUT2D eigenvalue weighted by molar-refractivity contribution is -0.145. The SMILES string of the molecule is C=C1CCC(C(C)C)C=CC(=O)CCC1OC(C)=O. The third kappa shape index (κ3) is 5.41. The Labute approximate surface area is 115 Å². The van der Waals surface area contributed by atoms with Crippen molar-refractivity contribution in [1.82, 2.24) is 0 Å². The summed E-state index contributed by atoms with van der Waals surface area (Å²) in [4.78, 5) is 22.9. The van der Waals surface area contributed by atoms with Crippen LogP contribution in [-0.2, 0) is 14.3 Å². The zero-order chi connectivity index (χ0) is 14.4. The van der Waals surface area contributed by atoms with Gasteiger partial charge in [-0.1, -0.05) is 26.5 Å². The minimum atomic E-state index is -0.319. The molecule has 0 aromatic heterocycles. The summed E-state index contributed by atoms with van der Waals surface area (Å²) in [7, 11) is 0. The fraction of sp³-hybridized carbons (Fsp3) is 0.625. The van der Waals surface area contributed by atoms with Crippen molar-refractivity contribution in [2.45, 2.75) is 52.6 Å². The van der Waals surface area contributed by atoms with E-state index in [1.165, 1.54) is 6.92 Å². The van der Waals surface area contributed by atoms with Crippen molar-refractivity contribution < 1.29 is 14.3 Å². The van der Waals surface area contributed by atoms with E-state index in [0.29, 0.717) is 24.7 Å². The van der Waals surface area contributed by atoms with Gasteiger partial charge >= 0.3 is 5.97 Å². The van der Waals surface area contributed by atoms with E-state index < -0.39 is 0 Å². The van der Waals surface area contributed by atoms with Gasteiger partial charge in [-0.25, -0.2) is 0 Å². The van der Waals surface area contributed by atoms with Gasteiger partial charge in [0.2, 0.25) is 0 Å². The first-order valence-electron chi connectivity index (χ1n) is 6.96. The van der Waals surface area contributed by atoms with E-state index in [2.05, 4.69) is 20.4 Å². The first kappa shape index (κ1) is 15.7. The van der Waals surface area contributed by atoms with Crippen LogP contribution in [0.4, 0.5) is 0 Å². The second-order valence-corrected chi connectivity index (χ2v) is 5.57. The number of rotatable bonds is 2. The lowest BCUT2D eigenvalue weighted by Crippen LogP contribution is -2.21. The first-order chi connectivity index (χ1) is 8.90. The Balaban J connectivity index is 2.80. The molecule has 0 bridgehead atoms. The maximum Gasteiger partial charge on any atom is 0.303 e. The average Bonchev–Trinajstić information content (AvgIpc) is 2.32. The van der Waals surface area contributed by atoms with Crippen LogP contribution < -0.4 is 0 Å². The number of ether oxygens (including phenoxy) is 1. The summed E-state index contributed by atoms with van der Waals surface area (Å²) in [5.41, 5.74) is 0.920. The van der Waals surface area contributed by atoms with Gasteiger partial charge in [0.15, 0.2) is 5.78 Å². The highest BCUT2D eigenvalue weighted by atomic mass is 16.5. The van der Waals surface area contributed by atoms with Gasteiger partial charge in [-0.05, 0) is 42.7 Å². The Morgan fingerprint density at radius 1 is 1.37 bits per heavy atom. The van der Waals surface area contributed by atoms with Gasteiger partial charge in [-0.3, -0.25) is 9.59 Å². The summed E-state index contributed by atoms with van der Waals surface area (Å²) >= 11 is 0. The second-order valence-electron chi connectivity index (χ2n) is 5.57. The summed E-state index contributed by atoms with van der Waals surface area (Å²) in [5, 5.41) is 0. The topological polar surface area (TPSA) is 43.4 Å². The summed E-state index contributed by atoms with van der Waals surface area (Å²) in [6, 6.07) is 0. The molecule has 0 aromatic carbocycles.